The van der Waals surface area contributed by atoms with E-state index < -0.39 is 11.5 Å². The lowest BCUT2D eigenvalue weighted by atomic mass is 10.1. The number of hydrogen-bond acceptors (Lipinski definition) is 4. The molecule has 6 nitrogen and oxygen atoms in total. The number of nitrogens with zero attached hydrogens (tertiary/aromatic N) is 2. The molecular formula is C22H16ClN3O3. The van der Waals surface area contributed by atoms with Crippen molar-refractivity contribution in [1.29, 1.82) is 0 Å². The average Bonchev–Trinajstić information content (AvgIpc) is 2.73. The van der Waals surface area contributed by atoms with E-state index in [1.54, 1.807) is 36.4 Å². The number of phenolic OH excluding ortho intramolecular Hbond substituents is 1. The monoisotopic (exact) mass is 405 g/mol. The van der Waals surface area contributed by atoms with Crippen LogP contribution < -0.4 is 11.0 Å². The normalized spacial score (nSPS) is 10.8. The van der Waals surface area contributed by atoms with E-state index in [-0.39, 0.29) is 12.2 Å². The topological polar surface area (TPSA) is 84.2 Å². The van der Waals surface area contributed by atoms with Gasteiger partial charge < -0.3 is 5.11 Å². The number of rotatable bonds is 4. The van der Waals surface area contributed by atoms with Crippen LogP contribution in [0.2, 0.25) is 5.02 Å². The van der Waals surface area contributed by atoms with Gasteiger partial charge in [0, 0.05) is 16.0 Å². The fourth-order valence-electron chi connectivity index (χ4n) is 3.04. The van der Waals surface area contributed by atoms with Crippen molar-refractivity contribution in [3.8, 4) is 17.0 Å². The Morgan fingerprint density at radius 2 is 1.62 bits per heavy atom. The van der Waals surface area contributed by atoms with Crippen molar-refractivity contribution >= 4 is 28.3 Å². The van der Waals surface area contributed by atoms with Gasteiger partial charge >= 0.3 is 0 Å². The Bertz CT molecular complexity index is 1250. The summed E-state index contributed by atoms with van der Waals surface area (Å²) in [5.74, 6) is -0.281. The first-order chi connectivity index (χ1) is 14.0. The Balaban J connectivity index is 1.73. The van der Waals surface area contributed by atoms with E-state index in [1.807, 2.05) is 24.3 Å². The minimum Gasteiger partial charge on any atom is -0.508 e. The van der Waals surface area contributed by atoms with Crippen LogP contribution in [0.4, 0.5) is 0 Å². The van der Waals surface area contributed by atoms with Gasteiger partial charge in [-0.3, -0.25) is 9.59 Å². The van der Waals surface area contributed by atoms with Crippen molar-refractivity contribution in [3.63, 3.8) is 0 Å². The third-order valence-corrected chi connectivity index (χ3v) is 4.71. The van der Waals surface area contributed by atoms with E-state index >= 15 is 0 Å². The third-order valence-electron chi connectivity index (χ3n) is 4.45. The smallest absolute Gasteiger partial charge is 0.294 e. The molecule has 0 radical (unpaired) electrons. The Labute approximate surface area is 171 Å². The van der Waals surface area contributed by atoms with Gasteiger partial charge in [-0.1, -0.05) is 54.1 Å². The summed E-state index contributed by atoms with van der Waals surface area (Å²) in [4.78, 5) is 26.3. The number of amides is 1. The van der Waals surface area contributed by atoms with E-state index in [2.05, 4.69) is 10.5 Å². The van der Waals surface area contributed by atoms with Crippen molar-refractivity contribution in [2.45, 2.75) is 6.42 Å². The molecule has 1 aromatic heterocycles. The highest BCUT2D eigenvalue weighted by molar-refractivity contribution is 6.30. The molecule has 1 amide bonds. The van der Waals surface area contributed by atoms with E-state index in [4.69, 9.17) is 11.6 Å². The number of aromatic hydroxyl groups is 1. The number of carbonyl (C=O) groups is 1. The second kappa shape index (κ2) is 7.77. The lowest BCUT2D eigenvalue weighted by molar-refractivity contribution is -0.116. The molecule has 0 saturated carbocycles. The van der Waals surface area contributed by atoms with E-state index in [0.29, 0.717) is 27.1 Å². The number of fused-ring (bicyclic) bond motifs is 1. The fraction of sp³-hybridized carbons (Fsp3) is 0.0455. The van der Waals surface area contributed by atoms with Crippen LogP contribution in [0.3, 0.4) is 0 Å². The number of carbonyl (C=O) groups excluding carboxylic acids is 1. The summed E-state index contributed by atoms with van der Waals surface area (Å²) in [5, 5.41) is 15.5. The molecular weight excluding hydrogens is 390 g/mol. The molecule has 0 aliphatic rings. The van der Waals surface area contributed by atoms with Crippen LogP contribution in [-0.2, 0) is 11.2 Å². The summed E-state index contributed by atoms with van der Waals surface area (Å²) in [6, 6.07) is 20.5. The predicted octanol–water partition coefficient (Wildman–Crippen LogP) is 3.74. The van der Waals surface area contributed by atoms with E-state index in [1.165, 1.54) is 12.1 Å². The van der Waals surface area contributed by atoms with Gasteiger partial charge in [0.1, 0.15) is 11.4 Å². The molecule has 0 spiro atoms. The Hall–Kier alpha value is -3.64. The van der Waals surface area contributed by atoms with Crippen molar-refractivity contribution in [2.75, 3.05) is 5.43 Å². The second-order valence-electron chi connectivity index (χ2n) is 6.50. The number of phenols is 1. The van der Waals surface area contributed by atoms with Crippen LogP contribution in [0, 0.1) is 0 Å². The molecule has 29 heavy (non-hydrogen) atoms. The van der Waals surface area contributed by atoms with E-state index in [9.17, 15) is 14.7 Å². The van der Waals surface area contributed by atoms with Crippen molar-refractivity contribution in [1.82, 2.24) is 9.89 Å². The number of hydrogen-bond donors (Lipinski definition) is 2. The lowest BCUT2D eigenvalue weighted by Gasteiger charge is -2.12. The summed E-state index contributed by atoms with van der Waals surface area (Å²) in [6.07, 6.45) is 0.0392. The van der Waals surface area contributed by atoms with Crippen LogP contribution in [0.5, 0.6) is 5.75 Å². The van der Waals surface area contributed by atoms with Gasteiger partial charge in [0.25, 0.3) is 5.56 Å². The third kappa shape index (κ3) is 3.97. The number of halogens is 1. The fourth-order valence-corrected chi connectivity index (χ4v) is 3.17. The van der Waals surface area contributed by atoms with Crippen LogP contribution in [0.15, 0.2) is 77.6 Å². The first-order valence-electron chi connectivity index (χ1n) is 8.87. The molecule has 3 aromatic carbocycles. The number of benzene rings is 3. The van der Waals surface area contributed by atoms with Crippen molar-refractivity contribution in [2.24, 2.45) is 0 Å². The zero-order valence-electron chi connectivity index (χ0n) is 15.2. The van der Waals surface area contributed by atoms with Gasteiger partial charge in [-0.2, -0.15) is 0 Å². The highest BCUT2D eigenvalue weighted by Gasteiger charge is 2.14. The zero-order valence-corrected chi connectivity index (χ0v) is 15.9. The molecule has 1 heterocycles. The minimum absolute atomic E-state index is 0.0392. The highest BCUT2D eigenvalue weighted by atomic mass is 35.5. The molecule has 0 atom stereocenters. The predicted molar refractivity (Wildman–Crippen MR) is 113 cm³/mol. The highest BCUT2D eigenvalue weighted by Crippen LogP contribution is 2.25. The Morgan fingerprint density at radius 1 is 0.966 bits per heavy atom. The van der Waals surface area contributed by atoms with Crippen LogP contribution in [0.1, 0.15) is 5.56 Å². The molecule has 0 aliphatic heterocycles. The van der Waals surface area contributed by atoms with Gasteiger partial charge in [0.15, 0.2) is 0 Å². The minimum atomic E-state index is -0.419. The van der Waals surface area contributed by atoms with Crippen molar-refractivity contribution in [3.05, 3.63) is 93.7 Å². The molecule has 7 heteroatoms. The van der Waals surface area contributed by atoms with Crippen LogP contribution in [-0.4, -0.2) is 20.9 Å². The summed E-state index contributed by atoms with van der Waals surface area (Å²) >= 11 is 5.98. The Morgan fingerprint density at radius 3 is 2.31 bits per heavy atom. The number of nitrogens with one attached hydrogen (secondary N) is 1. The van der Waals surface area contributed by atoms with Crippen LogP contribution >= 0.6 is 11.6 Å². The molecule has 2 N–H and O–H groups in total. The van der Waals surface area contributed by atoms with Gasteiger partial charge in [0.05, 0.1) is 11.8 Å². The molecule has 4 aromatic rings. The second-order valence-corrected chi connectivity index (χ2v) is 6.93. The van der Waals surface area contributed by atoms with Crippen LogP contribution in [0.25, 0.3) is 22.0 Å². The molecule has 0 bridgehead atoms. The molecule has 144 valence electrons. The van der Waals surface area contributed by atoms with Gasteiger partial charge in [-0.05, 0) is 35.9 Å². The Kier molecular flexibility index (Phi) is 5.01. The molecule has 0 aliphatic carbocycles. The first-order valence-corrected chi connectivity index (χ1v) is 9.25. The van der Waals surface area contributed by atoms with Crippen molar-refractivity contribution < 1.29 is 9.90 Å². The van der Waals surface area contributed by atoms with E-state index in [0.717, 1.165) is 10.4 Å². The van der Waals surface area contributed by atoms with Gasteiger partial charge in [-0.15, -0.1) is 9.89 Å². The maximum atomic E-state index is 12.8. The maximum Gasteiger partial charge on any atom is 0.294 e. The SMILES string of the molecule is O=C(Cc1ccc(O)cc1)Nn1nc(-c2ccc(Cl)cc2)c2ccccc2c1=O. The summed E-state index contributed by atoms with van der Waals surface area (Å²) in [7, 11) is 0. The lowest BCUT2D eigenvalue weighted by Crippen LogP contribution is -2.36. The summed E-state index contributed by atoms with van der Waals surface area (Å²) in [5.41, 5.74) is 4.16. The molecule has 0 fully saturated rings. The molecule has 0 saturated heterocycles. The largest absolute Gasteiger partial charge is 0.508 e. The van der Waals surface area contributed by atoms with Gasteiger partial charge in [-0.25, -0.2) is 5.43 Å². The maximum absolute atomic E-state index is 12.8. The first kappa shape index (κ1) is 18.7. The molecule has 4 rings (SSSR count). The summed E-state index contributed by atoms with van der Waals surface area (Å²) < 4.78 is 0. The quantitative estimate of drug-likeness (QED) is 0.541. The zero-order chi connectivity index (χ0) is 20.4. The number of aromatic nitrogens is 2. The summed E-state index contributed by atoms with van der Waals surface area (Å²) in [6.45, 7) is 0. The standard InChI is InChI=1S/C22H16ClN3O3/c23-16-9-7-15(8-10-16)21-18-3-1-2-4-19(18)22(29)26(25-21)24-20(28)13-14-5-11-17(27)12-6-14/h1-12,27H,13H2,(H,24,28). The average molecular weight is 406 g/mol. The van der Waals surface area contributed by atoms with Gasteiger partial charge in [0.2, 0.25) is 5.91 Å². The molecule has 0 unspecified atom stereocenters.